The van der Waals surface area contributed by atoms with Crippen LogP contribution in [-0.2, 0) is 12.7 Å². The van der Waals surface area contributed by atoms with Crippen LogP contribution in [0.15, 0.2) is 65.3 Å². The Morgan fingerprint density at radius 1 is 1.09 bits per heavy atom. The molecule has 0 fully saturated rings. The van der Waals surface area contributed by atoms with E-state index >= 15 is 0 Å². The Balaban J connectivity index is 1.41. The zero-order valence-electron chi connectivity index (χ0n) is 17.6. The van der Waals surface area contributed by atoms with Gasteiger partial charge in [0.2, 0.25) is 0 Å². The summed E-state index contributed by atoms with van der Waals surface area (Å²) in [7, 11) is 0. The van der Waals surface area contributed by atoms with Gasteiger partial charge in [-0.15, -0.1) is 0 Å². The standard InChI is InChI=1S/C23H16BrF3N6O/c1-13-11-17(23(25,26)27)33-21(28-13)19(24)20(31-33)22(34)29-18-9-10-32(30-18)12-15-7-4-6-14-5-2-3-8-16(14)15/h2-11H,12H2,1H3,(H,29,30,34). The molecule has 7 nitrogen and oxygen atoms in total. The van der Waals surface area contributed by atoms with Crippen molar-refractivity contribution in [1.29, 1.82) is 0 Å². The van der Waals surface area contributed by atoms with E-state index in [1.165, 1.54) is 6.92 Å². The molecule has 0 spiro atoms. The molecule has 3 heterocycles. The van der Waals surface area contributed by atoms with E-state index in [1.54, 1.807) is 16.9 Å². The first-order valence-electron chi connectivity index (χ1n) is 10.2. The molecule has 1 N–H and O–H groups in total. The second-order valence-corrected chi connectivity index (χ2v) is 8.46. The minimum absolute atomic E-state index is 0.0642. The topological polar surface area (TPSA) is 77.1 Å². The molecule has 34 heavy (non-hydrogen) atoms. The molecule has 2 aromatic carbocycles. The van der Waals surface area contributed by atoms with Crippen molar-refractivity contribution in [3.05, 3.63) is 87.9 Å². The zero-order chi connectivity index (χ0) is 24.0. The Morgan fingerprint density at radius 3 is 2.65 bits per heavy atom. The summed E-state index contributed by atoms with van der Waals surface area (Å²) in [5.74, 6) is -0.465. The molecule has 1 amide bonds. The third kappa shape index (κ3) is 4.03. The maximum absolute atomic E-state index is 13.4. The fraction of sp³-hybridized carbons (Fsp3) is 0.130. The second-order valence-electron chi connectivity index (χ2n) is 7.67. The van der Waals surface area contributed by atoms with E-state index in [9.17, 15) is 18.0 Å². The average Bonchev–Trinajstić information content (AvgIpc) is 3.37. The number of alkyl halides is 3. The normalized spacial score (nSPS) is 11.9. The number of nitrogens with one attached hydrogen (secondary N) is 1. The van der Waals surface area contributed by atoms with E-state index < -0.39 is 17.8 Å². The van der Waals surface area contributed by atoms with Crippen LogP contribution < -0.4 is 5.32 Å². The van der Waals surface area contributed by atoms with Gasteiger partial charge in [-0.05, 0) is 45.3 Å². The van der Waals surface area contributed by atoms with Crippen LogP contribution >= 0.6 is 15.9 Å². The number of anilines is 1. The highest BCUT2D eigenvalue weighted by molar-refractivity contribution is 9.10. The van der Waals surface area contributed by atoms with Gasteiger partial charge in [-0.2, -0.15) is 23.4 Å². The molecule has 0 unspecified atom stereocenters. The monoisotopic (exact) mass is 528 g/mol. The van der Waals surface area contributed by atoms with Gasteiger partial charge in [0.25, 0.3) is 5.91 Å². The van der Waals surface area contributed by atoms with Gasteiger partial charge in [0.1, 0.15) is 5.69 Å². The summed E-state index contributed by atoms with van der Waals surface area (Å²) in [6.45, 7) is 1.92. The van der Waals surface area contributed by atoms with Crippen molar-refractivity contribution in [1.82, 2.24) is 24.4 Å². The smallest absolute Gasteiger partial charge is 0.304 e. The van der Waals surface area contributed by atoms with E-state index in [4.69, 9.17) is 0 Å². The van der Waals surface area contributed by atoms with Crippen molar-refractivity contribution < 1.29 is 18.0 Å². The summed E-state index contributed by atoms with van der Waals surface area (Å²) in [4.78, 5) is 16.9. The lowest BCUT2D eigenvalue weighted by Crippen LogP contribution is -2.16. The lowest BCUT2D eigenvalue weighted by molar-refractivity contribution is -0.142. The highest BCUT2D eigenvalue weighted by Gasteiger charge is 2.36. The highest BCUT2D eigenvalue weighted by atomic mass is 79.9. The number of aromatic nitrogens is 5. The summed E-state index contributed by atoms with van der Waals surface area (Å²) in [6.07, 6.45) is -2.95. The summed E-state index contributed by atoms with van der Waals surface area (Å²) in [5.41, 5.74) is -0.136. The van der Waals surface area contributed by atoms with Crippen LogP contribution in [0.3, 0.4) is 0 Å². The molecule has 172 valence electrons. The predicted molar refractivity (Wildman–Crippen MR) is 124 cm³/mol. The summed E-state index contributed by atoms with van der Waals surface area (Å²) >= 11 is 3.17. The number of nitrogens with zero attached hydrogens (tertiary/aromatic N) is 5. The highest BCUT2D eigenvalue weighted by Crippen LogP contribution is 2.32. The zero-order valence-corrected chi connectivity index (χ0v) is 19.2. The Hall–Kier alpha value is -3.73. The van der Waals surface area contributed by atoms with Gasteiger partial charge in [-0.3, -0.25) is 9.48 Å². The van der Waals surface area contributed by atoms with Crippen molar-refractivity contribution in [3.63, 3.8) is 0 Å². The number of benzene rings is 2. The molecule has 0 radical (unpaired) electrons. The largest absolute Gasteiger partial charge is 0.433 e. The molecule has 3 aromatic heterocycles. The lowest BCUT2D eigenvalue weighted by atomic mass is 10.0. The first-order valence-corrected chi connectivity index (χ1v) is 10.9. The maximum atomic E-state index is 13.4. The average molecular weight is 529 g/mol. The lowest BCUT2D eigenvalue weighted by Gasteiger charge is -2.09. The van der Waals surface area contributed by atoms with Crippen molar-refractivity contribution in [2.75, 3.05) is 5.32 Å². The van der Waals surface area contributed by atoms with E-state index in [1.807, 2.05) is 42.5 Å². The SMILES string of the molecule is Cc1cc(C(F)(F)F)n2nc(C(=O)Nc3ccn(Cc4cccc5ccccc45)n3)c(Br)c2n1. The third-order valence-electron chi connectivity index (χ3n) is 5.26. The molecule has 0 atom stereocenters. The van der Waals surface area contributed by atoms with Crippen LogP contribution in [0.4, 0.5) is 19.0 Å². The number of halogens is 4. The van der Waals surface area contributed by atoms with Crippen molar-refractivity contribution >= 4 is 44.1 Å². The Kier molecular flexibility index (Phi) is 5.35. The minimum atomic E-state index is -4.66. The Bertz CT molecular complexity index is 1550. The first-order chi connectivity index (χ1) is 16.2. The summed E-state index contributed by atoms with van der Waals surface area (Å²) in [5, 5.41) is 13.0. The van der Waals surface area contributed by atoms with Gasteiger partial charge in [0, 0.05) is 18.0 Å². The van der Waals surface area contributed by atoms with Crippen LogP contribution in [0, 0.1) is 6.92 Å². The van der Waals surface area contributed by atoms with Gasteiger partial charge < -0.3 is 5.32 Å². The molecular formula is C23H16BrF3N6O. The van der Waals surface area contributed by atoms with Crippen molar-refractivity contribution in [3.8, 4) is 0 Å². The van der Waals surface area contributed by atoms with Gasteiger partial charge in [0.15, 0.2) is 17.2 Å². The second kappa shape index (κ2) is 8.24. The quantitative estimate of drug-likeness (QED) is 0.335. The number of fused-ring (bicyclic) bond motifs is 2. The van der Waals surface area contributed by atoms with E-state index in [0.717, 1.165) is 22.4 Å². The number of hydrogen-bond donors (Lipinski definition) is 1. The van der Waals surface area contributed by atoms with E-state index in [-0.39, 0.29) is 27.3 Å². The minimum Gasteiger partial charge on any atom is -0.304 e. The molecule has 11 heteroatoms. The number of aryl methyl sites for hydroxylation is 1. The molecule has 0 aliphatic rings. The fourth-order valence-corrected chi connectivity index (χ4v) is 4.27. The molecule has 0 aliphatic heterocycles. The number of rotatable bonds is 4. The maximum Gasteiger partial charge on any atom is 0.433 e. The van der Waals surface area contributed by atoms with Gasteiger partial charge in [-0.1, -0.05) is 42.5 Å². The number of carbonyl (C=O) groups excluding carboxylic acids is 1. The van der Waals surface area contributed by atoms with E-state index in [2.05, 4.69) is 36.4 Å². The predicted octanol–water partition coefficient (Wildman–Crippen LogP) is 5.47. The molecule has 5 rings (SSSR count). The van der Waals surface area contributed by atoms with Gasteiger partial charge in [-0.25, -0.2) is 9.50 Å². The third-order valence-corrected chi connectivity index (χ3v) is 5.99. The molecule has 0 saturated carbocycles. The molecular weight excluding hydrogens is 513 g/mol. The van der Waals surface area contributed by atoms with Crippen molar-refractivity contribution in [2.45, 2.75) is 19.6 Å². The van der Waals surface area contributed by atoms with Crippen LogP contribution in [0.1, 0.15) is 27.4 Å². The van der Waals surface area contributed by atoms with Crippen LogP contribution in [0.2, 0.25) is 0 Å². The first kappa shape index (κ1) is 22.1. The van der Waals surface area contributed by atoms with Gasteiger partial charge in [0.05, 0.1) is 11.0 Å². The Morgan fingerprint density at radius 2 is 1.85 bits per heavy atom. The number of amides is 1. The van der Waals surface area contributed by atoms with Crippen LogP contribution in [0.25, 0.3) is 16.4 Å². The fourth-order valence-electron chi connectivity index (χ4n) is 3.76. The molecule has 5 aromatic rings. The summed E-state index contributed by atoms with van der Waals surface area (Å²) in [6, 6.07) is 16.5. The van der Waals surface area contributed by atoms with Gasteiger partial charge >= 0.3 is 6.18 Å². The van der Waals surface area contributed by atoms with Crippen LogP contribution in [0.5, 0.6) is 0 Å². The van der Waals surface area contributed by atoms with E-state index in [0.29, 0.717) is 11.1 Å². The summed E-state index contributed by atoms with van der Waals surface area (Å²) < 4.78 is 42.7. The van der Waals surface area contributed by atoms with Crippen molar-refractivity contribution in [2.24, 2.45) is 0 Å². The molecule has 0 bridgehead atoms. The van der Waals surface area contributed by atoms with Crippen LogP contribution in [-0.4, -0.2) is 30.3 Å². The number of hydrogen-bond acceptors (Lipinski definition) is 4. The molecule has 0 aliphatic carbocycles. The molecule has 0 saturated heterocycles. The Labute approximate surface area is 199 Å². The number of carbonyl (C=O) groups is 1.